The molecule has 1 amide bonds. The van der Waals surface area contributed by atoms with E-state index in [9.17, 15) is 18.3 Å². The number of pyridine rings is 1. The molecule has 0 saturated carbocycles. The zero-order valence-corrected chi connectivity index (χ0v) is 23.6. The van der Waals surface area contributed by atoms with E-state index in [-0.39, 0.29) is 11.4 Å². The molecule has 0 aliphatic heterocycles. The van der Waals surface area contributed by atoms with Gasteiger partial charge in [0.15, 0.2) is 0 Å². The summed E-state index contributed by atoms with van der Waals surface area (Å²) >= 11 is 7.52. The van der Waals surface area contributed by atoms with Crippen LogP contribution in [0, 0.1) is 13.8 Å². The zero-order valence-electron chi connectivity index (χ0n) is 21.2. The van der Waals surface area contributed by atoms with Crippen molar-refractivity contribution < 1.29 is 18.3 Å². The van der Waals surface area contributed by atoms with Crippen molar-refractivity contribution in [1.29, 1.82) is 0 Å². The van der Waals surface area contributed by atoms with Crippen molar-refractivity contribution in [2.75, 3.05) is 4.72 Å². The van der Waals surface area contributed by atoms with Crippen LogP contribution in [0.4, 0.5) is 10.5 Å². The highest BCUT2D eigenvalue weighted by molar-refractivity contribution is 7.92. The van der Waals surface area contributed by atoms with Crippen molar-refractivity contribution in [1.82, 2.24) is 9.88 Å². The number of benzene rings is 2. The molecule has 0 radical (unpaired) electrons. The van der Waals surface area contributed by atoms with Gasteiger partial charge in [0.05, 0.1) is 10.6 Å². The number of fused-ring (bicyclic) bond motifs is 1. The molecular weight excluding hydrogens is 530 g/mol. The minimum Gasteiger partial charge on any atom is -0.465 e. The predicted molar refractivity (Wildman–Crippen MR) is 150 cm³/mol. The quantitative estimate of drug-likeness (QED) is 0.259. The Morgan fingerprint density at radius 3 is 2.46 bits per heavy atom. The first-order chi connectivity index (χ1) is 17.3. The van der Waals surface area contributed by atoms with Crippen LogP contribution in [0.5, 0.6) is 0 Å². The number of hydrogen-bond acceptors (Lipinski definition) is 5. The number of rotatable bonds is 6. The maximum atomic E-state index is 13.2. The number of amides is 1. The zero-order chi connectivity index (χ0) is 27.1. The van der Waals surface area contributed by atoms with Crippen LogP contribution in [-0.2, 0) is 16.6 Å². The van der Waals surface area contributed by atoms with Crippen LogP contribution in [-0.4, -0.2) is 35.0 Å². The predicted octanol–water partition coefficient (Wildman–Crippen LogP) is 7.31. The molecule has 194 valence electrons. The van der Waals surface area contributed by atoms with Gasteiger partial charge in [0, 0.05) is 38.6 Å². The Morgan fingerprint density at radius 1 is 1.11 bits per heavy atom. The lowest BCUT2D eigenvalue weighted by atomic mass is 9.99. The topological polar surface area (TPSA) is 99.6 Å². The summed E-state index contributed by atoms with van der Waals surface area (Å²) in [6.07, 6.45) is -0.993. The minimum atomic E-state index is -3.91. The number of carboxylic acid groups (broad SMARTS) is 1. The van der Waals surface area contributed by atoms with Crippen LogP contribution in [0.25, 0.3) is 21.3 Å². The first-order valence-electron chi connectivity index (χ1n) is 11.6. The molecule has 0 bridgehead atoms. The van der Waals surface area contributed by atoms with Crippen molar-refractivity contribution in [3.05, 3.63) is 75.8 Å². The average molecular weight is 558 g/mol. The molecule has 0 unspecified atom stereocenters. The molecule has 2 aromatic heterocycles. The molecule has 4 rings (SSSR count). The van der Waals surface area contributed by atoms with Crippen LogP contribution in [0.1, 0.15) is 36.9 Å². The van der Waals surface area contributed by atoms with Crippen molar-refractivity contribution in [3.63, 3.8) is 0 Å². The number of aryl methyl sites for hydroxylation is 2. The van der Waals surface area contributed by atoms with E-state index in [1.165, 1.54) is 28.4 Å². The Morgan fingerprint density at radius 2 is 1.81 bits per heavy atom. The Hall–Kier alpha value is -3.14. The van der Waals surface area contributed by atoms with Crippen LogP contribution in [0.15, 0.2) is 59.5 Å². The molecule has 2 heterocycles. The summed E-state index contributed by atoms with van der Waals surface area (Å²) in [5.41, 5.74) is 3.08. The average Bonchev–Trinajstić information content (AvgIpc) is 3.12. The third-order valence-electron chi connectivity index (χ3n) is 5.91. The van der Waals surface area contributed by atoms with Gasteiger partial charge >= 0.3 is 6.09 Å². The lowest BCUT2D eigenvalue weighted by molar-refractivity contribution is 0.0955. The minimum absolute atomic E-state index is 0.0639. The molecule has 0 aliphatic carbocycles. The smallest absolute Gasteiger partial charge is 0.408 e. The molecular formula is C27H28ClN3O4S2. The molecule has 0 atom stereocenters. The van der Waals surface area contributed by atoms with Gasteiger partial charge in [0.25, 0.3) is 10.0 Å². The van der Waals surface area contributed by atoms with Gasteiger partial charge in [0.2, 0.25) is 0 Å². The highest BCUT2D eigenvalue weighted by atomic mass is 35.5. The molecule has 7 nitrogen and oxygen atoms in total. The van der Waals surface area contributed by atoms with Crippen molar-refractivity contribution >= 4 is 55.0 Å². The van der Waals surface area contributed by atoms with Crippen LogP contribution in [0.2, 0.25) is 5.02 Å². The SMILES string of the molecule is Cc1cc(NS(=O)(=O)c2cccc(Cl)c2)c2c(-c3cccc(CN(C(=O)O)C(C)(C)C)c3)c(C)sc2n1. The second-order valence-corrected chi connectivity index (χ2v) is 13.1. The number of sulfonamides is 1. The van der Waals surface area contributed by atoms with Gasteiger partial charge in [-0.25, -0.2) is 18.2 Å². The summed E-state index contributed by atoms with van der Waals surface area (Å²) in [5.74, 6) is 0. The van der Waals surface area contributed by atoms with E-state index in [4.69, 9.17) is 11.6 Å². The van der Waals surface area contributed by atoms with Crippen molar-refractivity contribution in [2.45, 2.75) is 51.6 Å². The van der Waals surface area contributed by atoms with Crippen molar-refractivity contribution in [3.8, 4) is 11.1 Å². The maximum absolute atomic E-state index is 13.2. The number of nitrogens with zero attached hydrogens (tertiary/aromatic N) is 2. The number of anilines is 1. The molecule has 0 fully saturated rings. The second-order valence-electron chi connectivity index (χ2n) is 9.83. The number of hydrogen-bond donors (Lipinski definition) is 2. The summed E-state index contributed by atoms with van der Waals surface area (Å²) in [7, 11) is -3.91. The standard InChI is InChI=1S/C27H28ClN3O4S2/c1-16-12-22(30-37(34,35)21-11-7-10-20(28)14-21)24-23(17(2)36-25(24)29-16)19-9-6-8-18(13-19)15-31(26(32)33)27(3,4)5/h6-14H,15H2,1-5H3,(H,29,30)(H,32,33). The van der Waals surface area contributed by atoms with Crippen molar-refractivity contribution in [2.24, 2.45) is 0 Å². The van der Waals surface area contributed by atoms with Gasteiger partial charge in [0.1, 0.15) is 4.83 Å². The summed E-state index contributed by atoms with van der Waals surface area (Å²) in [6, 6.07) is 15.5. The van der Waals surface area contributed by atoms with E-state index < -0.39 is 21.7 Å². The normalized spacial score (nSPS) is 12.1. The van der Waals surface area contributed by atoms with E-state index in [2.05, 4.69) is 9.71 Å². The Balaban J connectivity index is 1.83. The van der Waals surface area contributed by atoms with Crippen LogP contribution < -0.4 is 4.72 Å². The summed E-state index contributed by atoms with van der Waals surface area (Å²) in [6.45, 7) is 9.57. The molecule has 0 aliphatic rings. The fraction of sp³-hybridized carbons (Fsp3) is 0.259. The summed E-state index contributed by atoms with van der Waals surface area (Å²) in [4.78, 5) is 19.7. The molecule has 37 heavy (non-hydrogen) atoms. The van der Waals surface area contributed by atoms with E-state index in [1.807, 2.05) is 58.9 Å². The second kappa shape index (κ2) is 9.96. The summed E-state index contributed by atoms with van der Waals surface area (Å²) in [5, 5.41) is 10.8. The highest BCUT2D eigenvalue weighted by Crippen LogP contribution is 2.42. The van der Waals surface area contributed by atoms with Gasteiger partial charge in [-0.1, -0.05) is 35.9 Å². The molecule has 0 saturated heterocycles. The third kappa shape index (κ3) is 5.74. The summed E-state index contributed by atoms with van der Waals surface area (Å²) < 4.78 is 29.2. The van der Waals surface area contributed by atoms with Crippen LogP contribution >= 0.6 is 22.9 Å². The van der Waals surface area contributed by atoms with Crippen LogP contribution in [0.3, 0.4) is 0 Å². The van der Waals surface area contributed by atoms with E-state index in [0.29, 0.717) is 26.6 Å². The Labute approximate surface area is 225 Å². The fourth-order valence-corrected chi connectivity index (χ4v) is 6.68. The van der Waals surface area contributed by atoms with E-state index in [1.54, 1.807) is 18.2 Å². The third-order valence-corrected chi connectivity index (χ3v) is 8.51. The first-order valence-corrected chi connectivity index (χ1v) is 14.2. The molecule has 0 spiro atoms. The number of halogens is 1. The maximum Gasteiger partial charge on any atom is 0.408 e. The molecule has 4 aromatic rings. The number of carbonyl (C=O) groups is 1. The van der Waals surface area contributed by atoms with E-state index >= 15 is 0 Å². The van der Waals surface area contributed by atoms with Gasteiger partial charge in [-0.15, -0.1) is 11.3 Å². The Kier molecular flexibility index (Phi) is 7.25. The first kappa shape index (κ1) is 26.9. The molecule has 2 aromatic carbocycles. The molecule has 2 N–H and O–H groups in total. The fourth-order valence-electron chi connectivity index (χ4n) is 4.20. The number of thiophene rings is 1. The van der Waals surface area contributed by atoms with Gasteiger partial charge in [-0.3, -0.25) is 9.62 Å². The monoisotopic (exact) mass is 557 g/mol. The lowest BCUT2D eigenvalue weighted by Crippen LogP contribution is -2.44. The number of nitrogens with one attached hydrogen (secondary N) is 1. The van der Waals surface area contributed by atoms with E-state index in [0.717, 1.165) is 21.6 Å². The largest absolute Gasteiger partial charge is 0.465 e. The molecule has 10 heteroatoms. The van der Waals surface area contributed by atoms with Gasteiger partial charge in [-0.2, -0.15) is 0 Å². The Bertz CT molecular complexity index is 1610. The highest BCUT2D eigenvalue weighted by Gasteiger charge is 2.27. The number of aromatic nitrogens is 1. The van der Waals surface area contributed by atoms with Gasteiger partial charge in [-0.05, 0) is 76.1 Å². The van der Waals surface area contributed by atoms with Gasteiger partial charge < -0.3 is 5.11 Å². The lowest BCUT2D eigenvalue weighted by Gasteiger charge is -2.33.